The fraction of sp³-hybridized carbons (Fsp3) is 0.556. The fourth-order valence-electron chi connectivity index (χ4n) is 7.82. The van der Waals surface area contributed by atoms with Crippen molar-refractivity contribution in [3.8, 4) is 0 Å². The van der Waals surface area contributed by atoms with Crippen LogP contribution in [0.2, 0.25) is 0 Å². The highest BCUT2D eigenvalue weighted by Gasteiger charge is 2.53. The van der Waals surface area contributed by atoms with Crippen molar-refractivity contribution in [2.45, 2.75) is 129 Å². The maximum Gasteiger partial charge on any atom is 0.224 e. The molecule has 0 spiro atoms. The van der Waals surface area contributed by atoms with E-state index in [-0.39, 0.29) is 23.7 Å². The van der Waals surface area contributed by atoms with Gasteiger partial charge in [0.1, 0.15) is 11.6 Å². The summed E-state index contributed by atoms with van der Waals surface area (Å²) in [4.78, 5) is 20.6. The van der Waals surface area contributed by atoms with E-state index in [1.165, 1.54) is 62.5 Å². The molecule has 8 heteroatoms. The summed E-state index contributed by atoms with van der Waals surface area (Å²) in [6, 6.07) is 26.5. The summed E-state index contributed by atoms with van der Waals surface area (Å²) >= 11 is 0. The van der Waals surface area contributed by atoms with E-state index in [0.29, 0.717) is 0 Å². The van der Waals surface area contributed by atoms with Crippen molar-refractivity contribution in [2.24, 2.45) is 5.92 Å². The summed E-state index contributed by atoms with van der Waals surface area (Å²) in [6.45, 7) is 12.5. The second-order valence-electron chi connectivity index (χ2n) is 14.9. The highest BCUT2D eigenvalue weighted by molar-refractivity contribution is 5.50. The van der Waals surface area contributed by atoms with E-state index in [1.54, 1.807) is 0 Å². The molecule has 0 radical (unpaired) electrons. The minimum atomic E-state index is 0.176. The van der Waals surface area contributed by atoms with Crippen LogP contribution in [0, 0.1) is 5.92 Å². The second-order valence-corrected chi connectivity index (χ2v) is 14.9. The first kappa shape index (κ1) is 40.0. The van der Waals surface area contributed by atoms with E-state index >= 15 is 0 Å². The van der Waals surface area contributed by atoms with Crippen LogP contribution in [0.15, 0.2) is 72.8 Å². The van der Waals surface area contributed by atoms with Crippen molar-refractivity contribution >= 4 is 23.5 Å². The molecule has 0 aliphatic heterocycles. The quantitative estimate of drug-likeness (QED) is 0.0503. The highest BCUT2D eigenvalue weighted by Crippen LogP contribution is 2.63. The standard InChI is InChI=1S/C45H66N8/c1-5-9-19-27-46-39-32-37(50-44(52-39)48-29-21-11-7-3)42-36(31-34-23-15-13-16-24-34)43(41(42)35-25-17-14-18-26-35)38-33-40(47-28-20-10-6-2)53-45(51-38)49-30-22-12-8-4/h13-18,23-26,32-33,36,41-43H,5-12,19-22,27-31H2,1-4H3,(H2,46,48,50,52)(H2,47,49,51,53)/t36?,41?,42-,43-/m1/s1. The Hall–Kier alpha value is -4.20. The van der Waals surface area contributed by atoms with Gasteiger partial charge in [-0.3, -0.25) is 0 Å². The Bertz CT molecular complexity index is 1460. The summed E-state index contributed by atoms with van der Waals surface area (Å²) in [5.74, 6) is 4.10. The Morgan fingerprint density at radius 3 is 1.30 bits per heavy atom. The minimum Gasteiger partial charge on any atom is -0.370 e. The molecule has 0 amide bonds. The average molecular weight is 719 g/mol. The third-order valence-corrected chi connectivity index (χ3v) is 10.7. The van der Waals surface area contributed by atoms with Gasteiger partial charge in [-0.15, -0.1) is 0 Å². The summed E-state index contributed by atoms with van der Waals surface area (Å²) in [5, 5.41) is 14.5. The van der Waals surface area contributed by atoms with Crippen LogP contribution in [-0.2, 0) is 6.42 Å². The van der Waals surface area contributed by atoms with Crippen molar-refractivity contribution in [1.29, 1.82) is 0 Å². The Labute approximate surface area is 320 Å². The second kappa shape index (κ2) is 22.1. The third kappa shape index (κ3) is 11.9. The minimum absolute atomic E-state index is 0.176. The van der Waals surface area contributed by atoms with Crippen LogP contribution in [0.25, 0.3) is 0 Å². The van der Waals surface area contributed by atoms with Crippen LogP contribution in [0.1, 0.15) is 145 Å². The molecule has 0 bridgehead atoms. The molecule has 2 aromatic heterocycles. The van der Waals surface area contributed by atoms with Crippen LogP contribution in [0.5, 0.6) is 0 Å². The Morgan fingerprint density at radius 1 is 0.453 bits per heavy atom. The monoisotopic (exact) mass is 719 g/mol. The lowest BCUT2D eigenvalue weighted by Gasteiger charge is -2.52. The van der Waals surface area contributed by atoms with Crippen molar-refractivity contribution < 1.29 is 0 Å². The van der Waals surface area contributed by atoms with E-state index < -0.39 is 0 Å². The normalized spacial score (nSPS) is 18.0. The van der Waals surface area contributed by atoms with Crippen LogP contribution in [0.4, 0.5) is 23.5 Å². The van der Waals surface area contributed by atoms with Gasteiger partial charge >= 0.3 is 0 Å². The van der Waals surface area contributed by atoms with Gasteiger partial charge in [0.25, 0.3) is 0 Å². The highest BCUT2D eigenvalue weighted by atomic mass is 15.2. The molecule has 1 aliphatic carbocycles. The SMILES string of the molecule is CCCCCNc1cc([C@H]2C(Cc3ccccc3)[C@H](c3cc(NCCCCC)nc(NCCCCC)n3)C2c2ccccc2)nc(NCCCCC)n1. The molecule has 4 aromatic rings. The number of hydrogen-bond acceptors (Lipinski definition) is 8. The number of nitrogens with one attached hydrogen (secondary N) is 4. The third-order valence-electron chi connectivity index (χ3n) is 10.7. The first-order valence-corrected chi connectivity index (χ1v) is 21.0. The van der Waals surface area contributed by atoms with Gasteiger partial charge in [-0.05, 0) is 49.1 Å². The van der Waals surface area contributed by atoms with Gasteiger partial charge in [-0.25, -0.2) is 9.97 Å². The van der Waals surface area contributed by atoms with Gasteiger partial charge in [0.2, 0.25) is 11.9 Å². The predicted octanol–water partition coefficient (Wildman–Crippen LogP) is 11.2. The number of hydrogen-bond donors (Lipinski definition) is 4. The zero-order valence-corrected chi connectivity index (χ0v) is 33.0. The molecule has 2 heterocycles. The zero-order chi connectivity index (χ0) is 37.1. The smallest absolute Gasteiger partial charge is 0.224 e. The lowest BCUT2D eigenvalue weighted by Crippen LogP contribution is -2.44. The summed E-state index contributed by atoms with van der Waals surface area (Å²) in [5.41, 5.74) is 4.88. The Kier molecular flexibility index (Phi) is 16.7. The van der Waals surface area contributed by atoms with Crippen LogP contribution in [0.3, 0.4) is 0 Å². The molecule has 0 unspecified atom stereocenters. The molecule has 53 heavy (non-hydrogen) atoms. The van der Waals surface area contributed by atoms with Gasteiger partial charge in [0.15, 0.2) is 0 Å². The van der Waals surface area contributed by atoms with Gasteiger partial charge in [-0.1, -0.05) is 140 Å². The lowest BCUT2D eigenvalue weighted by atomic mass is 9.51. The van der Waals surface area contributed by atoms with Gasteiger partial charge in [0.05, 0.1) is 11.4 Å². The Morgan fingerprint density at radius 2 is 0.868 bits per heavy atom. The van der Waals surface area contributed by atoms with Crippen molar-refractivity contribution in [1.82, 2.24) is 19.9 Å². The number of nitrogens with zero attached hydrogens (tertiary/aromatic N) is 4. The molecule has 1 aliphatic rings. The van der Waals surface area contributed by atoms with Crippen molar-refractivity contribution in [2.75, 3.05) is 47.4 Å². The van der Waals surface area contributed by atoms with Gasteiger partial charge < -0.3 is 21.3 Å². The van der Waals surface area contributed by atoms with E-state index in [4.69, 9.17) is 19.9 Å². The topological polar surface area (TPSA) is 99.7 Å². The van der Waals surface area contributed by atoms with E-state index in [9.17, 15) is 0 Å². The summed E-state index contributed by atoms with van der Waals surface area (Å²) in [6.07, 6.45) is 15.0. The Balaban J connectivity index is 1.58. The first-order chi connectivity index (χ1) is 26.1. The molecular weight excluding hydrogens is 653 g/mol. The van der Waals surface area contributed by atoms with Crippen molar-refractivity contribution in [3.63, 3.8) is 0 Å². The van der Waals surface area contributed by atoms with E-state index in [0.717, 1.165) is 93.2 Å². The fourth-order valence-corrected chi connectivity index (χ4v) is 7.82. The summed E-state index contributed by atoms with van der Waals surface area (Å²) < 4.78 is 0. The predicted molar refractivity (Wildman–Crippen MR) is 224 cm³/mol. The largest absolute Gasteiger partial charge is 0.370 e. The van der Waals surface area contributed by atoms with Crippen LogP contribution < -0.4 is 21.3 Å². The number of benzene rings is 2. The molecule has 0 saturated heterocycles. The number of aromatic nitrogens is 4. The van der Waals surface area contributed by atoms with E-state index in [2.05, 4.69) is 122 Å². The van der Waals surface area contributed by atoms with Crippen molar-refractivity contribution in [3.05, 3.63) is 95.3 Å². The lowest BCUT2D eigenvalue weighted by molar-refractivity contribution is 0.148. The van der Waals surface area contributed by atoms with Gasteiger partial charge in [-0.2, -0.15) is 9.97 Å². The number of rotatable bonds is 25. The zero-order valence-electron chi connectivity index (χ0n) is 33.0. The molecule has 2 aromatic carbocycles. The molecule has 1 fully saturated rings. The molecule has 286 valence electrons. The first-order valence-electron chi connectivity index (χ1n) is 21.0. The molecule has 8 nitrogen and oxygen atoms in total. The number of anilines is 4. The van der Waals surface area contributed by atoms with Crippen LogP contribution in [-0.4, -0.2) is 46.1 Å². The molecule has 1 saturated carbocycles. The maximum absolute atomic E-state index is 5.32. The van der Waals surface area contributed by atoms with Crippen LogP contribution >= 0.6 is 0 Å². The summed E-state index contributed by atoms with van der Waals surface area (Å²) in [7, 11) is 0. The molecular formula is C45H66N8. The molecule has 5 rings (SSSR count). The molecule has 4 N–H and O–H groups in total. The maximum atomic E-state index is 5.32. The van der Waals surface area contributed by atoms with E-state index in [1.807, 2.05) is 0 Å². The van der Waals surface area contributed by atoms with Gasteiger partial charge in [0, 0.05) is 56.1 Å². The average Bonchev–Trinajstić information content (AvgIpc) is 3.18. The number of unbranched alkanes of at least 4 members (excludes halogenated alkanes) is 8. The molecule has 2 atom stereocenters.